The number of hydrogen-bond donors (Lipinski definition) is 2. The van der Waals surface area contributed by atoms with Crippen molar-refractivity contribution < 1.29 is 40.9 Å². The molecule has 0 fully saturated rings. The first-order valence-corrected chi connectivity index (χ1v) is 2.70. The zero-order chi connectivity index (χ0) is 5.86. The monoisotopic (exact) mass is 164 g/mol. The molecule has 5 heteroatoms. The quantitative estimate of drug-likeness (QED) is 0.274. The molecular weight excluding hydrogens is 159 g/mol. The first kappa shape index (κ1) is 11.9. The van der Waals surface area contributed by atoms with Crippen LogP contribution in [0.1, 0.15) is 1.43 Å². The van der Waals surface area contributed by atoms with Crippen LogP contribution in [0.15, 0.2) is 0 Å². The molecule has 0 aliphatic carbocycles. The first-order chi connectivity index (χ1) is 3.18. The smallest absolute Gasteiger partial charge is 1.00 e. The van der Waals surface area contributed by atoms with E-state index in [4.69, 9.17) is 16.7 Å². The van der Waals surface area contributed by atoms with E-state index >= 15 is 0 Å². The topological polar surface area (TPSA) is 37.3 Å². The van der Waals surface area contributed by atoms with Gasteiger partial charge in [-0.1, -0.05) is 0 Å². The van der Waals surface area contributed by atoms with Crippen molar-refractivity contribution in [2.45, 2.75) is 5.25 Å². The van der Waals surface area contributed by atoms with Crippen molar-refractivity contribution in [2.75, 3.05) is 5.88 Å². The van der Waals surface area contributed by atoms with Crippen LogP contribution in [-0.4, -0.2) is 22.2 Å². The van der Waals surface area contributed by atoms with Crippen LogP contribution >= 0.6 is 24.2 Å². The molecule has 44 valence electrons. The Labute approximate surface area is 81.8 Å². The summed E-state index contributed by atoms with van der Waals surface area (Å²) in [5.41, 5.74) is 0. The molecule has 0 spiro atoms. The molecular formula is C3H6ClNaO2S. The minimum Gasteiger partial charge on any atom is -1.00 e. The van der Waals surface area contributed by atoms with E-state index < -0.39 is 11.2 Å². The van der Waals surface area contributed by atoms with Crippen LogP contribution in [0, 0.1) is 0 Å². The van der Waals surface area contributed by atoms with Crippen molar-refractivity contribution in [1.82, 2.24) is 0 Å². The van der Waals surface area contributed by atoms with Gasteiger partial charge in [0, 0.05) is 5.88 Å². The van der Waals surface area contributed by atoms with Crippen LogP contribution in [0.25, 0.3) is 0 Å². The first-order valence-electron chi connectivity index (χ1n) is 1.65. The molecule has 0 aromatic carbocycles. The second-order valence-corrected chi connectivity index (χ2v) is 1.94. The van der Waals surface area contributed by atoms with Crippen molar-refractivity contribution >= 4 is 30.2 Å². The zero-order valence-electron chi connectivity index (χ0n) is 5.47. The van der Waals surface area contributed by atoms with Gasteiger partial charge in [-0.2, -0.15) is 12.6 Å². The van der Waals surface area contributed by atoms with Gasteiger partial charge in [0.2, 0.25) is 0 Å². The van der Waals surface area contributed by atoms with Gasteiger partial charge in [0.25, 0.3) is 0 Å². The standard InChI is InChI=1S/C3H5ClO2S.Na.H/c4-1-2(7)3(5)6;;/h2,7H,1H2,(H,5,6);;/q;+1;-1. The van der Waals surface area contributed by atoms with Crippen molar-refractivity contribution in [1.29, 1.82) is 0 Å². The van der Waals surface area contributed by atoms with E-state index in [0.29, 0.717) is 0 Å². The maximum Gasteiger partial charge on any atom is 1.00 e. The second-order valence-electron chi connectivity index (χ2n) is 1.01. The van der Waals surface area contributed by atoms with Gasteiger partial charge < -0.3 is 6.53 Å². The minimum atomic E-state index is -0.974. The zero-order valence-corrected chi connectivity index (χ0v) is 8.12. The Hall–Kier alpha value is 1.11. The summed E-state index contributed by atoms with van der Waals surface area (Å²) >= 11 is 8.68. The van der Waals surface area contributed by atoms with E-state index in [9.17, 15) is 4.79 Å². The van der Waals surface area contributed by atoms with E-state index in [-0.39, 0.29) is 36.9 Å². The Bertz CT molecular complexity index is 84.2. The predicted octanol–water partition coefficient (Wildman–Crippen LogP) is -2.28. The van der Waals surface area contributed by atoms with E-state index in [1.54, 1.807) is 0 Å². The summed E-state index contributed by atoms with van der Waals surface area (Å²) in [5, 5.41) is 7.30. The average molecular weight is 165 g/mol. The summed E-state index contributed by atoms with van der Waals surface area (Å²) in [7, 11) is 0. The molecule has 8 heavy (non-hydrogen) atoms. The van der Waals surface area contributed by atoms with Gasteiger partial charge in [0.1, 0.15) is 5.25 Å². The summed E-state index contributed by atoms with van der Waals surface area (Å²) in [6.45, 7) is 0. The number of carboxylic acids is 1. The van der Waals surface area contributed by atoms with E-state index in [1.165, 1.54) is 0 Å². The van der Waals surface area contributed by atoms with Gasteiger partial charge in [-0.05, 0) is 0 Å². The van der Waals surface area contributed by atoms with Crippen LogP contribution in [0.2, 0.25) is 0 Å². The molecule has 1 unspecified atom stereocenters. The van der Waals surface area contributed by atoms with Crippen LogP contribution in [0.3, 0.4) is 0 Å². The maximum absolute atomic E-state index is 9.77. The molecule has 0 bridgehead atoms. The summed E-state index contributed by atoms with van der Waals surface area (Å²) in [5.74, 6) is -0.920. The largest absolute Gasteiger partial charge is 1.00 e. The SMILES string of the molecule is O=C(O)C(S)CCl.[H-].[Na+]. The Kier molecular flexibility index (Phi) is 9.24. The third-order valence-corrected chi connectivity index (χ3v) is 1.36. The number of thiol groups is 1. The fourth-order valence-electron chi connectivity index (χ4n) is 0.0660. The molecule has 1 N–H and O–H groups in total. The fourth-order valence-corrected chi connectivity index (χ4v) is 0.198. The molecule has 0 saturated heterocycles. The molecule has 0 aromatic rings. The van der Waals surface area contributed by atoms with Crippen molar-refractivity contribution in [2.24, 2.45) is 0 Å². The molecule has 0 aromatic heterocycles. The number of carbonyl (C=O) groups is 1. The van der Waals surface area contributed by atoms with Crippen molar-refractivity contribution in [3.05, 3.63) is 0 Å². The van der Waals surface area contributed by atoms with Crippen molar-refractivity contribution in [3.8, 4) is 0 Å². The number of rotatable bonds is 2. The van der Waals surface area contributed by atoms with Crippen LogP contribution in [-0.2, 0) is 4.79 Å². The molecule has 0 aliphatic rings. The number of carboxylic acid groups (broad SMARTS) is 1. The van der Waals surface area contributed by atoms with Crippen molar-refractivity contribution in [3.63, 3.8) is 0 Å². The van der Waals surface area contributed by atoms with Crippen LogP contribution in [0.5, 0.6) is 0 Å². The third-order valence-electron chi connectivity index (χ3n) is 0.431. The Morgan fingerprint density at radius 2 is 2.38 bits per heavy atom. The Balaban J connectivity index is -0.000000180. The Morgan fingerprint density at radius 1 is 2.00 bits per heavy atom. The summed E-state index contributed by atoms with van der Waals surface area (Å²) in [6.07, 6.45) is 0. The summed E-state index contributed by atoms with van der Waals surface area (Å²) in [4.78, 5) is 9.77. The fraction of sp³-hybridized carbons (Fsp3) is 0.667. The number of halogens is 1. The maximum atomic E-state index is 9.77. The number of aliphatic carboxylic acids is 1. The van der Waals surface area contributed by atoms with Gasteiger partial charge in [-0.15, -0.1) is 11.6 Å². The van der Waals surface area contributed by atoms with Crippen LogP contribution in [0.4, 0.5) is 0 Å². The van der Waals surface area contributed by atoms with Gasteiger partial charge in [0.15, 0.2) is 0 Å². The molecule has 0 heterocycles. The molecule has 0 amide bonds. The molecule has 2 nitrogen and oxygen atoms in total. The van der Waals surface area contributed by atoms with Gasteiger partial charge in [-0.25, -0.2) is 0 Å². The van der Waals surface area contributed by atoms with Crippen LogP contribution < -0.4 is 29.6 Å². The number of hydrogen-bond acceptors (Lipinski definition) is 2. The molecule has 0 saturated carbocycles. The summed E-state index contributed by atoms with van der Waals surface area (Å²) < 4.78 is 0. The normalized spacial score (nSPS) is 11.8. The van der Waals surface area contributed by atoms with Gasteiger partial charge in [-0.3, -0.25) is 4.79 Å². The predicted molar refractivity (Wildman–Crippen MR) is 32.2 cm³/mol. The van der Waals surface area contributed by atoms with E-state index in [2.05, 4.69) is 12.6 Å². The molecule has 1 atom stereocenters. The second kappa shape index (κ2) is 6.23. The molecule has 0 rings (SSSR count). The van der Waals surface area contributed by atoms with E-state index in [1.807, 2.05) is 0 Å². The van der Waals surface area contributed by atoms with E-state index in [0.717, 1.165) is 0 Å². The summed E-state index contributed by atoms with van der Waals surface area (Å²) in [6, 6.07) is 0. The third kappa shape index (κ3) is 5.25. The minimum absolute atomic E-state index is 0. The molecule has 0 aliphatic heterocycles. The Morgan fingerprint density at radius 3 is 2.38 bits per heavy atom. The molecule has 0 radical (unpaired) electrons. The van der Waals surface area contributed by atoms with Gasteiger partial charge >= 0.3 is 35.5 Å². The van der Waals surface area contributed by atoms with Gasteiger partial charge in [0.05, 0.1) is 0 Å². The average Bonchev–Trinajstić information content (AvgIpc) is 1.65. The number of alkyl halides is 1.